The Bertz CT molecular complexity index is 3170. The summed E-state index contributed by atoms with van der Waals surface area (Å²) >= 11 is 1.88. The summed E-state index contributed by atoms with van der Waals surface area (Å²) < 4.78 is 4.90. The second-order valence-electron chi connectivity index (χ2n) is 13.4. The van der Waals surface area contributed by atoms with Gasteiger partial charge in [-0.1, -0.05) is 146 Å². The first-order valence-electron chi connectivity index (χ1n) is 17.6. The van der Waals surface area contributed by atoms with Crippen molar-refractivity contribution in [3.05, 3.63) is 176 Å². The molecule has 0 amide bonds. The Balaban J connectivity index is 1.04. The Hall–Kier alpha value is -6.62. The fourth-order valence-corrected chi connectivity index (χ4v) is 9.23. The number of aromatic nitrogens is 3. The van der Waals surface area contributed by atoms with Gasteiger partial charge in [0.05, 0.1) is 22.2 Å². The van der Waals surface area contributed by atoms with Gasteiger partial charge in [-0.15, -0.1) is 11.3 Å². The van der Waals surface area contributed by atoms with Crippen LogP contribution in [0.5, 0.6) is 0 Å². The van der Waals surface area contributed by atoms with E-state index in [-0.39, 0.29) is 0 Å². The van der Waals surface area contributed by atoms with Gasteiger partial charge < -0.3 is 0 Å². The molecule has 52 heavy (non-hydrogen) atoms. The largest absolute Gasteiger partial charge is 0.278 e. The number of fused-ring (bicyclic) bond motifs is 9. The first-order chi connectivity index (χ1) is 25.8. The van der Waals surface area contributed by atoms with Gasteiger partial charge in [-0.05, 0) is 63.4 Å². The van der Waals surface area contributed by atoms with Crippen molar-refractivity contribution in [2.75, 3.05) is 0 Å². The Morgan fingerprint density at radius 3 is 2.02 bits per heavy atom. The van der Waals surface area contributed by atoms with Gasteiger partial charge in [0.15, 0.2) is 0 Å². The molecule has 0 unspecified atom stereocenters. The van der Waals surface area contributed by atoms with Crippen molar-refractivity contribution in [3.8, 4) is 39.5 Å². The van der Waals surface area contributed by atoms with Gasteiger partial charge in [-0.2, -0.15) is 0 Å². The Labute approximate surface area is 303 Å². The lowest BCUT2D eigenvalue weighted by atomic mass is 9.96. The number of thiophene rings is 1. The van der Waals surface area contributed by atoms with Crippen molar-refractivity contribution in [1.29, 1.82) is 0 Å². The number of benzene rings is 8. The molecule has 0 aliphatic heterocycles. The Kier molecular flexibility index (Phi) is 6.42. The fourth-order valence-electron chi connectivity index (χ4n) is 7.99. The average molecular weight is 680 g/mol. The van der Waals surface area contributed by atoms with E-state index in [0.29, 0.717) is 5.95 Å². The molecule has 0 radical (unpaired) electrons. The van der Waals surface area contributed by atoms with E-state index in [9.17, 15) is 0 Å². The van der Waals surface area contributed by atoms with E-state index in [1.807, 2.05) is 23.5 Å². The molecular weight excluding hydrogens is 651 g/mol. The normalized spacial score (nSPS) is 11.8. The molecule has 0 aliphatic carbocycles. The molecule has 0 atom stereocenters. The molecular formula is C48H29N3S. The standard InChI is InChI=1S/C48H29N3S/c1-2-11-32(12-3-1)46-39-14-4-7-18-41(39)49-48(50-46)51-42-19-8-5-15-40(42)45-35-27-25-33(29-34(35)26-28-43(45)51)30-21-23-31(24-22-30)36-16-10-17-38-37-13-6-9-20-44(37)52-47(36)38/h1-29H. The maximum atomic E-state index is 5.26. The highest BCUT2D eigenvalue weighted by Crippen LogP contribution is 2.41. The zero-order valence-electron chi connectivity index (χ0n) is 28.0. The van der Waals surface area contributed by atoms with Crippen LogP contribution >= 0.6 is 11.3 Å². The molecule has 3 heterocycles. The smallest absolute Gasteiger partial charge is 0.235 e. The van der Waals surface area contributed by atoms with Crippen molar-refractivity contribution in [1.82, 2.24) is 14.5 Å². The number of para-hydroxylation sites is 2. The van der Waals surface area contributed by atoms with Gasteiger partial charge in [-0.3, -0.25) is 4.57 Å². The summed E-state index contributed by atoms with van der Waals surface area (Å²) in [5.41, 5.74) is 10.0. The van der Waals surface area contributed by atoms with E-state index in [1.165, 1.54) is 64.0 Å². The van der Waals surface area contributed by atoms with Crippen LogP contribution in [-0.4, -0.2) is 14.5 Å². The van der Waals surface area contributed by atoms with Crippen molar-refractivity contribution >= 4 is 75.0 Å². The van der Waals surface area contributed by atoms with Crippen LogP contribution in [0.1, 0.15) is 0 Å². The van der Waals surface area contributed by atoms with Gasteiger partial charge >= 0.3 is 0 Å². The van der Waals surface area contributed by atoms with Gasteiger partial charge in [0.1, 0.15) is 0 Å². The summed E-state index contributed by atoms with van der Waals surface area (Å²) in [5.74, 6) is 0.672. The summed E-state index contributed by atoms with van der Waals surface area (Å²) in [6.45, 7) is 0. The first kappa shape index (κ1) is 29.1. The van der Waals surface area contributed by atoms with Crippen LogP contribution in [0.2, 0.25) is 0 Å². The highest BCUT2D eigenvalue weighted by molar-refractivity contribution is 7.26. The molecule has 8 aromatic carbocycles. The van der Waals surface area contributed by atoms with Crippen LogP contribution in [0.25, 0.3) is 103 Å². The van der Waals surface area contributed by atoms with Crippen molar-refractivity contribution in [3.63, 3.8) is 0 Å². The summed E-state index contributed by atoms with van der Waals surface area (Å²) in [5, 5.41) is 8.52. The predicted molar refractivity (Wildman–Crippen MR) is 221 cm³/mol. The van der Waals surface area contributed by atoms with E-state index in [1.54, 1.807) is 0 Å². The van der Waals surface area contributed by atoms with Gasteiger partial charge in [0.25, 0.3) is 0 Å². The first-order valence-corrected chi connectivity index (χ1v) is 18.4. The van der Waals surface area contributed by atoms with Gasteiger partial charge in [-0.25, -0.2) is 9.97 Å². The fraction of sp³-hybridized carbons (Fsp3) is 0. The molecule has 0 fully saturated rings. The summed E-state index contributed by atoms with van der Waals surface area (Å²) in [7, 11) is 0. The third-order valence-corrected chi connectivity index (χ3v) is 11.6. The second kappa shape index (κ2) is 11.5. The minimum absolute atomic E-state index is 0.672. The highest BCUT2D eigenvalue weighted by Gasteiger charge is 2.19. The molecule has 3 aromatic heterocycles. The summed E-state index contributed by atoms with van der Waals surface area (Å²) in [6, 6.07) is 63.1. The maximum Gasteiger partial charge on any atom is 0.235 e. The lowest BCUT2D eigenvalue weighted by molar-refractivity contribution is 1.01. The Morgan fingerprint density at radius 2 is 1.13 bits per heavy atom. The lowest BCUT2D eigenvalue weighted by Crippen LogP contribution is -2.03. The molecule has 0 saturated carbocycles. The van der Waals surface area contributed by atoms with Crippen LogP contribution in [-0.2, 0) is 0 Å². The number of rotatable bonds is 4. The average Bonchev–Trinajstić information content (AvgIpc) is 3.77. The maximum absolute atomic E-state index is 5.26. The Morgan fingerprint density at radius 1 is 0.423 bits per heavy atom. The summed E-state index contributed by atoms with van der Waals surface area (Å²) in [4.78, 5) is 10.4. The van der Waals surface area contributed by atoms with Crippen LogP contribution in [0, 0.1) is 0 Å². The molecule has 0 bridgehead atoms. The van der Waals surface area contributed by atoms with Crippen molar-refractivity contribution in [2.24, 2.45) is 0 Å². The zero-order valence-corrected chi connectivity index (χ0v) is 28.8. The molecule has 0 saturated heterocycles. The second-order valence-corrected chi connectivity index (χ2v) is 14.4. The molecule has 11 rings (SSSR count). The molecule has 4 heteroatoms. The highest BCUT2D eigenvalue weighted by atomic mass is 32.1. The van der Waals surface area contributed by atoms with Crippen LogP contribution in [0.15, 0.2) is 176 Å². The minimum atomic E-state index is 0.672. The summed E-state index contributed by atoms with van der Waals surface area (Å²) in [6.07, 6.45) is 0. The van der Waals surface area contributed by atoms with E-state index >= 15 is 0 Å². The monoisotopic (exact) mass is 679 g/mol. The third kappa shape index (κ3) is 4.45. The number of hydrogen-bond acceptors (Lipinski definition) is 3. The number of nitrogens with zero attached hydrogens (tertiary/aromatic N) is 3. The van der Waals surface area contributed by atoms with E-state index < -0.39 is 0 Å². The van der Waals surface area contributed by atoms with Crippen molar-refractivity contribution < 1.29 is 0 Å². The predicted octanol–water partition coefficient (Wildman–Crippen LogP) is 13.2. The lowest BCUT2D eigenvalue weighted by Gasteiger charge is -2.12. The van der Waals surface area contributed by atoms with E-state index in [2.05, 4.69) is 168 Å². The van der Waals surface area contributed by atoms with E-state index in [4.69, 9.17) is 9.97 Å². The molecule has 0 aliphatic rings. The quantitative estimate of drug-likeness (QED) is 0.185. The van der Waals surface area contributed by atoms with Gasteiger partial charge in [0.2, 0.25) is 5.95 Å². The molecule has 3 nitrogen and oxygen atoms in total. The molecule has 0 N–H and O–H groups in total. The van der Waals surface area contributed by atoms with Crippen LogP contribution < -0.4 is 0 Å². The van der Waals surface area contributed by atoms with E-state index in [0.717, 1.165) is 33.2 Å². The number of hydrogen-bond donors (Lipinski definition) is 0. The SMILES string of the molecule is c1ccc(-c2nc(-n3c4ccccc4c4c5ccc(-c6ccc(-c7cccc8c7sc7ccccc78)cc6)cc5ccc43)nc3ccccc23)cc1. The molecule has 242 valence electrons. The molecule has 0 spiro atoms. The van der Waals surface area contributed by atoms with Crippen LogP contribution in [0.3, 0.4) is 0 Å². The minimum Gasteiger partial charge on any atom is -0.278 e. The third-order valence-electron chi connectivity index (χ3n) is 10.4. The van der Waals surface area contributed by atoms with Crippen molar-refractivity contribution in [2.45, 2.75) is 0 Å². The zero-order chi connectivity index (χ0) is 34.2. The van der Waals surface area contributed by atoms with Crippen LogP contribution in [0.4, 0.5) is 0 Å². The molecule has 11 aromatic rings. The topological polar surface area (TPSA) is 30.7 Å². The van der Waals surface area contributed by atoms with Gasteiger partial charge in [0, 0.05) is 41.9 Å².